The van der Waals surface area contributed by atoms with Crippen molar-refractivity contribution in [2.75, 3.05) is 13.1 Å². The molecule has 18 heavy (non-hydrogen) atoms. The van der Waals surface area contributed by atoms with Crippen LogP contribution in [0.2, 0.25) is 4.34 Å². The molecule has 0 aliphatic heterocycles. The molecule has 0 atom stereocenters. The number of thiophene rings is 1. The standard InChI is InChI=1S/C11H15ClN2O3S/c12-9-4-3-8(18-9)5-7-14-11(17)13-6-1-2-10(15)16/h3-4H,1-2,5-7H2,(H,15,16)(H2,13,14,17). The Morgan fingerprint density at radius 2 is 2.00 bits per heavy atom. The molecule has 1 aromatic heterocycles. The Morgan fingerprint density at radius 1 is 1.28 bits per heavy atom. The molecule has 100 valence electrons. The predicted octanol–water partition coefficient (Wildman–Crippen LogP) is 2.11. The minimum absolute atomic E-state index is 0.0635. The minimum Gasteiger partial charge on any atom is -0.481 e. The fourth-order valence-electron chi connectivity index (χ4n) is 1.29. The smallest absolute Gasteiger partial charge is 0.314 e. The van der Waals surface area contributed by atoms with Gasteiger partial charge in [-0.25, -0.2) is 4.79 Å². The zero-order valence-electron chi connectivity index (χ0n) is 9.74. The first-order chi connectivity index (χ1) is 8.58. The molecule has 0 aromatic carbocycles. The highest BCUT2D eigenvalue weighted by Crippen LogP contribution is 2.21. The number of carbonyl (C=O) groups excluding carboxylic acids is 1. The summed E-state index contributed by atoms with van der Waals surface area (Å²) in [4.78, 5) is 22.6. The Labute approximate surface area is 114 Å². The molecular weight excluding hydrogens is 276 g/mol. The number of rotatable bonds is 7. The SMILES string of the molecule is O=C(O)CCCNC(=O)NCCc1ccc(Cl)s1. The Balaban J connectivity index is 2.05. The summed E-state index contributed by atoms with van der Waals surface area (Å²) in [7, 11) is 0. The number of hydrogen-bond donors (Lipinski definition) is 3. The topological polar surface area (TPSA) is 78.4 Å². The summed E-state index contributed by atoms with van der Waals surface area (Å²) >= 11 is 7.28. The molecule has 0 bridgehead atoms. The van der Waals surface area contributed by atoms with Crippen molar-refractivity contribution in [1.29, 1.82) is 0 Å². The van der Waals surface area contributed by atoms with Gasteiger partial charge in [0.1, 0.15) is 0 Å². The average Bonchev–Trinajstić information content (AvgIpc) is 2.70. The van der Waals surface area contributed by atoms with E-state index < -0.39 is 5.97 Å². The second kappa shape index (κ2) is 7.94. The van der Waals surface area contributed by atoms with Gasteiger partial charge < -0.3 is 15.7 Å². The van der Waals surface area contributed by atoms with Crippen LogP contribution in [0.4, 0.5) is 4.79 Å². The van der Waals surface area contributed by atoms with Gasteiger partial charge in [-0.2, -0.15) is 0 Å². The lowest BCUT2D eigenvalue weighted by Crippen LogP contribution is -2.37. The van der Waals surface area contributed by atoms with Crippen molar-refractivity contribution in [3.63, 3.8) is 0 Å². The number of carboxylic acid groups (broad SMARTS) is 1. The van der Waals surface area contributed by atoms with Crippen LogP contribution in [0, 0.1) is 0 Å². The molecule has 0 aliphatic carbocycles. The fraction of sp³-hybridized carbons (Fsp3) is 0.455. The lowest BCUT2D eigenvalue weighted by atomic mass is 10.3. The highest BCUT2D eigenvalue weighted by Gasteiger charge is 2.02. The highest BCUT2D eigenvalue weighted by molar-refractivity contribution is 7.16. The van der Waals surface area contributed by atoms with E-state index in [4.69, 9.17) is 16.7 Å². The van der Waals surface area contributed by atoms with Gasteiger partial charge in [-0.3, -0.25) is 4.79 Å². The van der Waals surface area contributed by atoms with Crippen LogP contribution in [0.15, 0.2) is 12.1 Å². The molecule has 7 heteroatoms. The first-order valence-electron chi connectivity index (χ1n) is 5.55. The maximum atomic E-state index is 11.3. The molecule has 5 nitrogen and oxygen atoms in total. The number of amides is 2. The third kappa shape index (κ3) is 6.46. The van der Waals surface area contributed by atoms with E-state index in [1.165, 1.54) is 11.3 Å². The van der Waals surface area contributed by atoms with Gasteiger partial charge in [0.05, 0.1) is 4.34 Å². The van der Waals surface area contributed by atoms with Crippen LogP contribution in [0.1, 0.15) is 17.7 Å². The summed E-state index contributed by atoms with van der Waals surface area (Å²) in [5.41, 5.74) is 0. The lowest BCUT2D eigenvalue weighted by Gasteiger charge is -2.06. The van der Waals surface area contributed by atoms with E-state index in [2.05, 4.69) is 10.6 Å². The van der Waals surface area contributed by atoms with E-state index >= 15 is 0 Å². The van der Waals surface area contributed by atoms with Gasteiger partial charge in [0.15, 0.2) is 0 Å². The van der Waals surface area contributed by atoms with Crippen molar-refractivity contribution < 1.29 is 14.7 Å². The molecule has 3 N–H and O–H groups in total. The highest BCUT2D eigenvalue weighted by atomic mass is 35.5. The van der Waals surface area contributed by atoms with Gasteiger partial charge in [0.2, 0.25) is 0 Å². The molecule has 2 amide bonds. The largest absolute Gasteiger partial charge is 0.481 e. The van der Waals surface area contributed by atoms with Crippen LogP contribution in [0.5, 0.6) is 0 Å². The number of urea groups is 1. The molecule has 1 aromatic rings. The summed E-state index contributed by atoms with van der Waals surface area (Å²) in [5.74, 6) is -0.855. The normalized spacial score (nSPS) is 10.1. The van der Waals surface area contributed by atoms with E-state index in [0.717, 1.165) is 15.6 Å². The zero-order chi connectivity index (χ0) is 13.4. The molecule has 0 spiro atoms. The van der Waals surface area contributed by atoms with Crippen LogP contribution in [0.25, 0.3) is 0 Å². The summed E-state index contributed by atoms with van der Waals surface area (Å²) in [5, 5.41) is 13.7. The Hall–Kier alpha value is -1.27. The number of halogens is 1. The minimum atomic E-state index is -0.855. The predicted molar refractivity (Wildman–Crippen MR) is 71.3 cm³/mol. The number of carboxylic acids is 1. The van der Waals surface area contributed by atoms with Crippen molar-refractivity contribution >= 4 is 34.9 Å². The number of nitrogens with one attached hydrogen (secondary N) is 2. The van der Waals surface area contributed by atoms with Crippen molar-refractivity contribution in [2.24, 2.45) is 0 Å². The Bertz CT molecular complexity index is 409. The van der Waals surface area contributed by atoms with Crippen LogP contribution >= 0.6 is 22.9 Å². The monoisotopic (exact) mass is 290 g/mol. The van der Waals surface area contributed by atoms with Crippen LogP contribution in [0.3, 0.4) is 0 Å². The Morgan fingerprint density at radius 3 is 2.61 bits per heavy atom. The first kappa shape index (κ1) is 14.8. The van der Waals surface area contributed by atoms with Crippen LogP contribution < -0.4 is 10.6 Å². The molecule has 0 fully saturated rings. The van der Waals surface area contributed by atoms with Crippen molar-refractivity contribution in [3.8, 4) is 0 Å². The third-order valence-corrected chi connectivity index (χ3v) is 3.43. The van der Waals surface area contributed by atoms with Gasteiger partial charge >= 0.3 is 12.0 Å². The molecule has 1 rings (SSSR count). The molecule has 0 saturated heterocycles. The molecule has 0 unspecified atom stereocenters. The van der Waals surface area contributed by atoms with Crippen LogP contribution in [-0.4, -0.2) is 30.2 Å². The van der Waals surface area contributed by atoms with Gasteiger partial charge in [-0.1, -0.05) is 11.6 Å². The van der Waals surface area contributed by atoms with Gasteiger partial charge in [-0.05, 0) is 25.0 Å². The molecular formula is C11H15ClN2O3S. The zero-order valence-corrected chi connectivity index (χ0v) is 11.3. The number of hydrogen-bond acceptors (Lipinski definition) is 3. The first-order valence-corrected chi connectivity index (χ1v) is 6.75. The second-order valence-electron chi connectivity index (χ2n) is 3.64. The summed E-state index contributed by atoms with van der Waals surface area (Å²) < 4.78 is 0.739. The summed E-state index contributed by atoms with van der Waals surface area (Å²) in [6, 6.07) is 3.48. The molecule has 0 saturated carbocycles. The molecule has 0 aliphatic rings. The number of aliphatic carboxylic acids is 1. The second-order valence-corrected chi connectivity index (χ2v) is 5.44. The third-order valence-electron chi connectivity index (χ3n) is 2.14. The van der Waals surface area contributed by atoms with Gasteiger partial charge in [-0.15, -0.1) is 11.3 Å². The maximum absolute atomic E-state index is 11.3. The maximum Gasteiger partial charge on any atom is 0.314 e. The quantitative estimate of drug-likeness (QED) is 0.673. The van der Waals surface area contributed by atoms with E-state index in [9.17, 15) is 9.59 Å². The van der Waals surface area contributed by atoms with E-state index in [1.54, 1.807) is 0 Å². The van der Waals surface area contributed by atoms with Gasteiger partial charge in [0.25, 0.3) is 0 Å². The summed E-state index contributed by atoms with van der Waals surface area (Å²) in [6.07, 6.45) is 1.23. The van der Waals surface area contributed by atoms with Crippen LogP contribution in [-0.2, 0) is 11.2 Å². The van der Waals surface area contributed by atoms with Gasteiger partial charge in [0, 0.05) is 24.4 Å². The van der Waals surface area contributed by atoms with E-state index in [0.29, 0.717) is 19.5 Å². The van der Waals surface area contributed by atoms with E-state index in [-0.39, 0.29) is 12.5 Å². The van der Waals surface area contributed by atoms with E-state index in [1.807, 2.05) is 12.1 Å². The lowest BCUT2D eigenvalue weighted by molar-refractivity contribution is -0.137. The molecule has 1 heterocycles. The number of carbonyl (C=O) groups is 2. The van der Waals surface area contributed by atoms with Crippen molar-refractivity contribution in [3.05, 3.63) is 21.3 Å². The van der Waals surface area contributed by atoms with Crippen molar-refractivity contribution in [2.45, 2.75) is 19.3 Å². The average molecular weight is 291 g/mol. The fourth-order valence-corrected chi connectivity index (χ4v) is 2.38. The Kier molecular flexibility index (Phi) is 6.53. The van der Waals surface area contributed by atoms with Crippen molar-refractivity contribution in [1.82, 2.24) is 10.6 Å². The summed E-state index contributed by atoms with van der Waals surface area (Å²) in [6.45, 7) is 0.893. The molecule has 0 radical (unpaired) electrons.